The molecule has 1 N–H and O–H groups in total. The van der Waals surface area contributed by atoms with Crippen molar-refractivity contribution in [2.45, 2.75) is 43.8 Å². The van der Waals surface area contributed by atoms with E-state index in [1.165, 1.54) is 6.42 Å². The lowest BCUT2D eigenvalue weighted by Gasteiger charge is -2.43. The monoisotopic (exact) mass is 191 g/mol. The molecule has 76 valence electrons. The maximum atomic E-state index is 12.8. The van der Waals surface area contributed by atoms with E-state index in [4.69, 9.17) is 4.74 Å². The van der Waals surface area contributed by atoms with Crippen LogP contribution in [-0.2, 0) is 4.74 Å². The van der Waals surface area contributed by atoms with Crippen LogP contribution in [0.5, 0.6) is 0 Å². The van der Waals surface area contributed by atoms with Crippen LogP contribution in [0.25, 0.3) is 0 Å². The Morgan fingerprint density at radius 3 is 2.31 bits per heavy atom. The van der Waals surface area contributed by atoms with Gasteiger partial charge in [-0.25, -0.2) is 8.78 Å². The molecular weight excluding hydrogens is 176 g/mol. The first kappa shape index (κ1) is 9.34. The van der Waals surface area contributed by atoms with Crippen LogP contribution < -0.4 is 5.32 Å². The van der Waals surface area contributed by atoms with Crippen LogP contribution in [-0.4, -0.2) is 24.8 Å². The molecule has 2 rings (SSSR count). The number of nitrogens with one attached hydrogen (secondary N) is 1. The highest BCUT2D eigenvalue weighted by Gasteiger charge is 2.44. The normalized spacial score (nSPS) is 31.8. The zero-order valence-electron chi connectivity index (χ0n) is 7.61. The summed E-state index contributed by atoms with van der Waals surface area (Å²) in [5.41, 5.74) is -0.417. The van der Waals surface area contributed by atoms with Crippen molar-refractivity contribution in [1.29, 1.82) is 0 Å². The van der Waals surface area contributed by atoms with Crippen LogP contribution in [0.2, 0.25) is 0 Å². The van der Waals surface area contributed by atoms with Gasteiger partial charge in [-0.3, -0.25) is 5.32 Å². The van der Waals surface area contributed by atoms with Gasteiger partial charge in [0, 0.05) is 0 Å². The van der Waals surface area contributed by atoms with Gasteiger partial charge in [0.15, 0.2) is 0 Å². The van der Waals surface area contributed by atoms with Crippen molar-refractivity contribution in [3.63, 3.8) is 0 Å². The third-order valence-corrected chi connectivity index (χ3v) is 2.89. The summed E-state index contributed by atoms with van der Waals surface area (Å²) in [4.78, 5) is 0. The Kier molecular flexibility index (Phi) is 2.28. The Morgan fingerprint density at radius 2 is 1.77 bits per heavy atom. The molecule has 0 amide bonds. The standard InChI is InChI=1S/C9H15F2NO/c10-8(11)6-12-9(13-7-8)4-2-1-3-5-9/h12H,1-7H2. The minimum Gasteiger partial charge on any atom is -0.354 e. The summed E-state index contributed by atoms with van der Waals surface area (Å²) < 4.78 is 30.8. The molecule has 0 aromatic heterocycles. The molecule has 1 spiro atoms. The SMILES string of the molecule is FC1(F)CNC2(CCCCC2)OC1. The number of alkyl halides is 2. The van der Waals surface area contributed by atoms with Crippen LogP contribution in [0, 0.1) is 0 Å². The second kappa shape index (κ2) is 3.17. The van der Waals surface area contributed by atoms with Gasteiger partial charge in [0.05, 0.1) is 6.54 Å². The highest BCUT2D eigenvalue weighted by molar-refractivity contribution is 4.89. The molecule has 1 heterocycles. The summed E-state index contributed by atoms with van der Waals surface area (Å²) >= 11 is 0. The summed E-state index contributed by atoms with van der Waals surface area (Å²) in [6, 6.07) is 0. The number of hydrogen-bond acceptors (Lipinski definition) is 2. The lowest BCUT2D eigenvalue weighted by Crippen LogP contribution is -2.59. The first-order valence-electron chi connectivity index (χ1n) is 4.89. The van der Waals surface area contributed by atoms with Crippen molar-refractivity contribution in [3.05, 3.63) is 0 Å². The number of rotatable bonds is 0. The largest absolute Gasteiger partial charge is 0.354 e. The van der Waals surface area contributed by atoms with Gasteiger partial charge in [-0.1, -0.05) is 6.42 Å². The summed E-state index contributed by atoms with van der Waals surface area (Å²) in [5.74, 6) is -2.68. The molecular formula is C9H15F2NO. The summed E-state index contributed by atoms with van der Waals surface area (Å²) in [6.07, 6.45) is 5.12. The third-order valence-electron chi connectivity index (χ3n) is 2.89. The number of halogens is 2. The van der Waals surface area contributed by atoms with Crippen LogP contribution >= 0.6 is 0 Å². The molecule has 1 aliphatic heterocycles. The molecule has 0 radical (unpaired) electrons. The summed E-state index contributed by atoms with van der Waals surface area (Å²) in [5, 5.41) is 2.85. The minimum absolute atomic E-state index is 0.229. The molecule has 13 heavy (non-hydrogen) atoms. The smallest absolute Gasteiger partial charge is 0.283 e. The van der Waals surface area contributed by atoms with Gasteiger partial charge in [-0.2, -0.15) is 0 Å². The van der Waals surface area contributed by atoms with Crippen molar-refractivity contribution in [1.82, 2.24) is 5.32 Å². The van der Waals surface area contributed by atoms with Crippen molar-refractivity contribution >= 4 is 0 Å². The maximum Gasteiger partial charge on any atom is 0.283 e. The van der Waals surface area contributed by atoms with E-state index in [0.29, 0.717) is 0 Å². The van der Waals surface area contributed by atoms with Gasteiger partial charge in [-0.15, -0.1) is 0 Å². The first-order valence-corrected chi connectivity index (χ1v) is 4.89. The van der Waals surface area contributed by atoms with E-state index in [1.807, 2.05) is 0 Å². The second-order valence-corrected chi connectivity index (χ2v) is 4.05. The van der Waals surface area contributed by atoms with E-state index in [0.717, 1.165) is 25.7 Å². The minimum atomic E-state index is -2.68. The van der Waals surface area contributed by atoms with E-state index in [2.05, 4.69) is 5.32 Å². The van der Waals surface area contributed by atoms with Crippen molar-refractivity contribution in [3.8, 4) is 0 Å². The zero-order valence-corrected chi connectivity index (χ0v) is 7.61. The van der Waals surface area contributed by atoms with Crippen LogP contribution in [0.3, 0.4) is 0 Å². The Bertz CT molecular complexity index is 178. The molecule has 2 nitrogen and oxygen atoms in total. The van der Waals surface area contributed by atoms with E-state index >= 15 is 0 Å². The molecule has 2 aliphatic rings. The average molecular weight is 191 g/mol. The average Bonchev–Trinajstić information content (AvgIpc) is 2.13. The van der Waals surface area contributed by atoms with Gasteiger partial charge in [-0.05, 0) is 25.7 Å². The Balaban J connectivity index is 1.95. The molecule has 1 aliphatic carbocycles. The lowest BCUT2D eigenvalue weighted by molar-refractivity contribution is -0.203. The van der Waals surface area contributed by atoms with Gasteiger partial charge in [0.1, 0.15) is 12.3 Å². The molecule has 2 fully saturated rings. The van der Waals surface area contributed by atoms with Crippen molar-refractivity contribution in [2.24, 2.45) is 0 Å². The molecule has 1 saturated heterocycles. The summed E-state index contributed by atoms with van der Waals surface area (Å²) in [7, 11) is 0. The molecule has 1 saturated carbocycles. The predicted octanol–water partition coefficient (Wildman–Crippen LogP) is 1.90. The topological polar surface area (TPSA) is 21.3 Å². The second-order valence-electron chi connectivity index (χ2n) is 4.05. The molecule has 0 bridgehead atoms. The lowest BCUT2D eigenvalue weighted by atomic mass is 9.90. The Hall–Kier alpha value is -0.220. The fourth-order valence-corrected chi connectivity index (χ4v) is 2.08. The molecule has 4 heteroatoms. The van der Waals surface area contributed by atoms with Crippen molar-refractivity contribution < 1.29 is 13.5 Å². The van der Waals surface area contributed by atoms with Gasteiger partial charge in [0.2, 0.25) is 0 Å². The first-order chi connectivity index (χ1) is 6.12. The maximum absolute atomic E-state index is 12.8. The van der Waals surface area contributed by atoms with E-state index < -0.39 is 18.3 Å². The van der Waals surface area contributed by atoms with E-state index in [9.17, 15) is 8.78 Å². The van der Waals surface area contributed by atoms with Crippen molar-refractivity contribution in [2.75, 3.05) is 13.2 Å². The Morgan fingerprint density at radius 1 is 1.08 bits per heavy atom. The highest BCUT2D eigenvalue weighted by Crippen LogP contribution is 2.34. The number of ether oxygens (including phenoxy) is 1. The fraction of sp³-hybridized carbons (Fsp3) is 1.00. The molecule has 0 atom stereocenters. The third kappa shape index (κ3) is 1.99. The quantitative estimate of drug-likeness (QED) is 0.631. The van der Waals surface area contributed by atoms with Crippen LogP contribution in [0.4, 0.5) is 8.78 Å². The summed E-state index contributed by atoms with van der Waals surface area (Å²) in [6.45, 7) is -0.646. The Labute approximate surface area is 76.6 Å². The van der Waals surface area contributed by atoms with Gasteiger partial charge < -0.3 is 4.74 Å². The van der Waals surface area contributed by atoms with E-state index in [-0.39, 0.29) is 6.54 Å². The predicted molar refractivity (Wildman–Crippen MR) is 44.7 cm³/mol. The van der Waals surface area contributed by atoms with Gasteiger partial charge in [0.25, 0.3) is 5.92 Å². The molecule has 0 aromatic carbocycles. The van der Waals surface area contributed by atoms with E-state index in [1.54, 1.807) is 0 Å². The number of hydrogen-bond donors (Lipinski definition) is 1. The highest BCUT2D eigenvalue weighted by atomic mass is 19.3. The zero-order chi connectivity index (χ0) is 9.36. The van der Waals surface area contributed by atoms with Crippen LogP contribution in [0.1, 0.15) is 32.1 Å². The van der Waals surface area contributed by atoms with Gasteiger partial charge >= 0.3 is 0 Å². The molecule has 0 unspecified atom stereocenters. The van der Waals surface area contributed by atoms with Crippen LogP contribution in [0.15, 0.2) is 0 Å². The fourth-order valence-electron chi connectivity index (χ4n) is 2.08. The molecule has 0 aromatic rings.